The fourth-order valence-electron chi connectivity index (χ4n) is 1.15. The quantitative estimate of drug-likeness (QED) is 0.747. The van der Waals surface area contributed by atoms with Gasteiger partial charge < -0.3 is 9.64 Å². The van der Waals surface area contributed by atoms with Crippen LogP contribution in [0.5, 0.6) is 0 Å². The molecule has 0 amide bonds. The SMILES string of the molecule is CCC(C)N(C)c1nc(CCOC)ns1. The molecule has 1 rings (SSSR count). The van der Waals surface area contributed by atoms with Crippen molar-refractivity contribution in [3.05, 3.63) is 5.82 Å². The van der Waals surface area contributed by atoms with E-state index >= 15 is 0 Å². The van der Waals surface area contributed by atoms with Crippen LogP contribution >= 0.6 is 11.5 Å². The van der Waals surface area contributed by atoms with Crippen molar-refractivity contribution < 1.29 is 4.74 Å². The number of hydrogen-bond acceptors (Lipinski definition) is 5. The molecule has 1 unspecified atom stereocenters. The summed E-state index contributed by atoms with van der Waals surface area (Å²) in [5, 5.41) is 0.996. The molecule has 0 fully saturated rings. The van der Waals surface area contributed by atoms with E-state index in [9.17, 15) is 0 Å². The second kappa shape index (κ2) is 6.02. The summed E-state index contributed by atoms with van der Waals surface area (Å²) in [4.78, 5) is 6.64. The molecule has 0 bridgehead atoms. The predicted octanol–water partition coefficient (Wildman–Crippen LogP) is 1.96. The lowest BCUT2D eigenvalue weighted by Crippen LogP contribution is -2.27. The van der Waals surface area contributed by atoms with Crippen molar-refractivity contribution in [2.24, 2.45) is 0 Å². The molecule has 0 aliphatic heterocycles. The van der Waals surface area contributed by atoms with Crippen molar-refractivity contribution >= 4 is 16.7 Å². The molecule has 0 aliphatic carbocycles. The minimum absolute atomic E-state index is 0.508. The Hall–Kier alpha value is -0.680. The van der Waals surface area contributed by atoms with E-state index in [1.54, 1.807) is 7.11 Å². The number of anilines is 1. The Morgan fingerprint density at radius 2 is 2.27 bits per heavy atom. The van der Waals surface area contributed by atoms with Gasteiger partial charge in [-0.25, -0.2) is 4.98 Å². The Kier molecular flexibility index (Phi) is 4.98. The molecule has 0 radical (unpaired) electrons. The van der Waals surface area contributed by atoms with Gasteiger partial charge in [-0.3, -0.25) is 0 Å². The van der Waals surface area contributed by atoms with Crippen molar-refractivity contribution in [1.82, 2.24) is 9.36 Å². The highest BCUT2D eigenvalue weighted by molar-refractivity contribution is 7.09. The topological polar surface area (TPSA) is 38.2 Å². The van der Waals surface area contributed by atoms with E-state index in [1.807, 2.05) is 0 Å². The lowest BCUT2D eigenvalue weighted by Gasteiger charge is -2.22. The molecule has 0 aromatic carbocycles. The van der Waals surface area contributed by atoms with E-state index in [1.165, 1.54) is 11.5 Å². The van der Waals surface area contributed by atoms with Gasteiger partial charge in [-0.2, -0.15) is 4.37 Å². The maximum Gasteiger partial charge on any atom is 0.205 e. The molecule has 0 N–H and O–H groups in total. The largest absolute Gasteiger partial charge is 0.384 e. The Bertz CT molecular complexity index is 290. The molecule has 0 saturated heterocycles. The second-order valence-corrected chi connectivity index (χ2v) is 4.33. The highest BCUT2D eigenvalue weighted by atomic mass is 32.1. The Balaban J connectivity index is 2.58. The second-order valence-electron chi connectivity index (χ2n) is 3.60. The van der Waals surface area contributed by atoms with Gasteiger partial charge in [0, 0.05) is 38.2 Å². The molecule has 1 heterocycles. The van der Waals surface area contributed by atoms with Gasteiger partial charge in [0.2, 0.25) is 5.13 Å². The molecule has 4 nitrogen and oxygen atoms in total. The normalized spacial score (nSPS) is 12.8. The van der Waals surface area contributed by atoms with Gasteiger partial charge in [-0.1, -0.05) is 6.92 Å². The van der Waals surface area contributed by atoms with Gasteiger partial charge in [-0.05, 0) is 13.3 Å². The van der Waals surface area contributed by atoms with E-state index in [2.05, 4.69) is 35.2 Å². The molecule has 0 spiro atoms. The number of rotatable bonds is 6. The first-order chi connectivity index (χ1) is 7.19. The summed E-state index contributed by atoms with van der Waals surface area (Å²) < 4.78 is 9.30. The summed E-state index contributed by atoms with van der Waals surface area (Å²) in [5.41, 5.74) is 0. The molecule has 1 atom stereocenters. The van der Waals surface area contributed by atoms with Gasteiger partial charge in [0.1, 0.15) is 5.82 Å². The maximum atomic E-state index is 5.00. The van der Waals surface area contributed by atoms with Crippen molar-refractivity contribution in [3.8, 4) is 0 Å². The highest BCUT2D eigenvalue weighted by Gasteiger charge is 2.12. The van der Waals surface area contributed by atoms with Crippen molar-refractivity contribution in [2.45, 2.75) is 32.7 Å². The van der Waals surface area contributed by atoms with Crippen LogP contribution in [0.4, 0.5) is 5.13 Å². The lowest BCUT2D eigenvalue weighted by molar-refractivity contribution is 0.201. The summed E-state index contributed by atoms with van der Waals surface area (Å²) >= 11 is 1.46. The number of ether oxygens (including phenoxy) is 1. The molecule has 15 heavy (non-hydrogen) atoms. The fraction of sp³-hybridized carbons (Fsp3) is 0.800. The summed E-state index contributed by atoms with van der Waals surface area (Å²) in [6.45, 7) is 5.05. The van der Waals surface area contributed by atoms with Gasteiger partial charge in [-0.15, -0.1) is 0 Å². The summed E-state index contributed by atoms with van der Waals surface area (Å²) in [5.74, 6) is 0.881. The van der Waals surface area contributed by atoms with Crippen LogP contribution < -0.4 is 4.90 Å². The highest BCUT2D eigenvalue weighted by Crippen LogP contribution is 2.19. The molecule has 5 heteroatoms. The van der Waals surface area contributed by atoms with Crippen LogP contribution in [0.2, 0.25) is 0 Å². The number of methoxy groups -OCH3 is 1. The zero-order chi connectivity index (χ0) is 11.3. The fourth-order valence-corrected chi connectivity index (χ4v) is 1.92. The van der Waals surface area contributed by atoms with Crippen LogP contribution in [0.3, 0.4) is 0 Å². The Labute approximate surface area is 95.4 Å². The third-order valence-corrected chi connectivity index (χ3v) is 3.39. The standard InChI is InChI=1S/C10H19N3OS/c1-5-8(2)13(3)10-11-9(12-15-10)6-7-14-4/h8H,5-7H2,1-4H3. The first-order valence-electron chi connectivity index (χ1n) is 5.23. The summed E-state index contributed by atoms with van der Waals surface area (Å²) in [6.07, 6.45) is 1.91. The minimum atomic E-state index is 0.508. The number of nitrogens with zero attached hydrogens (tertiary/aromatic N) is 3. The van der Waals surface area contributed by atoms with Crippen LogP contribution in [-0.2, 0) is 11.2 Å². The zero-order valence-electron chi connectivity index (χ0n) is 9.86. The average Bonchev–Trinajstić information content (AvgIpc) is 2.72. The first-order valence-corrected chi connectivity index (χ1v) is 6.00. The van der Waals surface area contributed by atoms with E-state index in [4.69, 9.17) is 4.74 Å². The molecular formula is C10H19N3OS. The first kappa shape index (κ1) is 12.4. The van der Waals surface area contributed by atoms with Crippen LogP contribution in [0.25, 0.3) is 0 Å². The molecular weight excluding hydrogens is 210 g/mol. The van der Waals surface area contributed by atoms with E-state index in [0.29, 0.717) is 12.6 Å². The van der Waals surface area contributed by atoms with Crippen LogP contribution in [0.15, 0.2) is 0 Å². The predicted molar refractivity (Wildman–Crippen MR) is 63.6 cm³/mol. The van der Waals surface area contributed by atoms with E-state index in [0.717, 1.165) is 23.8 Å². The van der Waals surface area contributed by atoms with Gasteiger partial charge in [0.05, 0.1) is 6.61 Å². The van der Waals surface area contributed by atoms with Crippen molar-refractivity contribution in [1.29, 1.82) is 0 Å². The van der Waals surface area contributed by atoms with Gasteiger partial charge in [0.25, 0.3) is 0 Å². The van der Waals surface area contributed by atoms with Crippen LogP contribution in [-0.4, -0.2) is 36.2 Å². The minimum Gasteiger partial charge on any atom is -0.384 e. The average molecular weight is 229 g/mol. The summed E-state index contributed by atoms with van der Waals surface area (Å²) in [6, 6.07) is 0.508. The molecule has 1 aromatic heterocycles. The third-order valence-electron chi connectivity index (χ3n) is 2.54. The van der Waals surface area contributed by atoms with E-state index in [-0.39, 0.29) is 0 Å². The number of hydrogen-bond donors (Lipinski definition) is 0. The van der Waals surface area contributed by atoms with Crippen molar-refractivity contribution in [3.63, 3.8) is 0 Å². The Morgan fingerprint density at radius 3 is 2.87 bits per heavy atom. The number of aromatic nitrogens is 2. The zero-order valence-corrected chi connectivity index (χ0v) is 10.7. The van der Waals surface area contributed by atoms with Crippen molar-refractivity contribution in [2.75, 3.05) is 25.7 Å². The van der Waals surface area contributed by atoms with Crippen LogP contribution in [0, 0.1) is 0 Å². The van der Waals surface area contributed by atoms with Crippen LogP contribution in [0.1, 0.15) is 26.1 Å². The smallest absolute Gasteiger partial charge is 0.205 e. The molecule has 0 aliphatic rings. The lowest BCUT2D eigenvalue weighted by atomic mass is 10.2. The monoisotopic (exact) mass is 229 g/mol. The maximum absolute atomic E-state index is 5.00. The molecule has 0 saturated carbocycles. The Morgan fingerprint density at radius 1 is 1.53 bits per heavy atom. The third kappa shape index (κ3) is 3.43. The summed E-state index contributed by atoms with van der Waals surface area (Å²) in [7, 11) is 3.76. The van der Waals surface area contributed by atoms with E-state index < -0.39 is 0 Å². The van der Waals surface area contributed by atoms with Gasteiger partial charge >= 0.3 is 0 Å². The molecule has 86 valence electrons. The molecule has 1 aromatic rings. The van der Waals surface area contributed by atoms with Gasteiger partial charge in [0.15, 0.2) is 0 Å².